The lowest BCUT2D eigenvalue weighted by Crippen LogP contribution is -2.24. The molecule has 1 aromatic heterocycles. The Hall–Kier alpha value is -0.760. The minimum Gasteiger partial charge on any atom is -0.352 e. The molecule has 2 heteroatoms. The Labute approximate surface area is 93.5 Å². The topological polar surface area (TPSA) is 30.9 Å². The zero-order valence-electron chi connectivity index (χ0n) is 10.7. The predicted octanol–water partition coefficient (Wildman–Crippen LogP) is 2.56. The molecule has 0 spiro atoms. The fourth-order valence-corrected chi connectivity index (χ4v) is 2.11. The second-order valence-corrected chi connectivity index (χ2v) is 5.05. The highest BCUT2D eigenvalue weighted by molar-refractivity contribution is 5.27. The van der Waals surface area contributed by atoms with Crippen molar-refractivity contribution < 1.29 is 0 Å². The number of aromatic nitrogens is 1. The van der Waals surface area contributed by atoms with Gasteiger partial charge >= 0.3 is 0 Å². The minimum absolute atomic E-state index is 0.297. The molecule has 1 aromatic rings. The SMILES string of the molecule is Cc1cc(CC(N)CC(C)C)c(C)n1C. The summed E-state index contributed by atoms with van der Waals surface area (Å²) in [4.78, 5) is 0. The van der Waals surface area contributed by atoms with Crippen LogP contribution in [-0.2, 0) is 13.5 Å². The number of aryl methyl sites for hydroxylation is 1. The molecule has 15 heavy (non-hydrogen) atoms. The Balaban J connectivity index is 2.68. The second-order valence-electron chi connectivity index (χ2n) is 5.05. The van der Waals surface area contributed by atoms with Gasteiger partial charge in [-0.3, -0.25) is 0 Å². The van der Waals surface area contributed by atoms with Crippen LogP contribution >= 0.6 is 0 Å². The van der Waals surface area contributed by atoms with Gasteiger partial charge in [-0.1, -0.05) is 13.8 Å². The molecule has 0 saturated carbocycles. The summed E-state index contributed by atoms with van der Waals surface area (Å²) in [5, 5.41) is 0. The van der Waals surface area contributed by atoms with E-state index >= 15 is 0 Å². The zero-order valence-corrected chi connectivity index (χ0v) is 10.7. The summed E-state index contributed by atoms with van der Waals surface area (Å²) in [5.74, 6) is 0.685. The molecule has 0 aliphatic rings. The van der Waals surface area contributed by atoms with E-state index in [4.69, 9.17) is 5.73 Å². The van der Waals surface area contributed by atoms with E-state index < -0.39 is 0 Å². The largest absolute Gasteiger partial charge is 0.352 e. The van der Waals surface area contributed by atoms with Gasteiger partial charge in [0.1, 0.15) is 0 Å². The molecular formula is C13H24N2. The molecule has 0 fully saturated rings. The molecule has 0 aliphatic carbocycles. The fourth-order valence-electron chi connectivity index (χ4n) is 2.11. The lowest BCUT2D eigenvalue weighted by atomic mass is 9.98. The molecule has 2 nitrogen and oxygen atoms in total. The van der Waals surface area contributed by atoms with Gasteiger partial charge < -0.3 is 10.3 Å². The average molecular weight is 208 g/mol. The second kappa shape index (κ2) is 4.84. The zero-order chi connectivity index (χ0) is 11.6. The lowest BCUT2D eigenvalue weighted by molar-refractivity contribution is 0.492. The van der Waals surface area contributed by atoms with Gasteiger partial charge in [-0.2, -0.15) is 0 Å². The van der Waals surface area contributed by atoms with Crippen LogP contribution in [0.5, 0.6) is 0 Å². The van der Waals surface area contributed by atoms with Gasteiger partial charge in [-0.15, -0.1) is 0 Å². The molecule has 0 radical (unpaired) electrons. The van der Waals surface area contributed by atoms with Crippen LogP contribution in [-0.4, -0.2) is 10.6 Å². The van der Waals surface area contributed by atoms with Crippen molar-refractivity contribution in [1.29, 1.82) is 0 Å². The third-order valence-corrected chi connectivity index (χ3v) is 3.14. The Bertz CT molecular complexity index is 324. The molecule has 0 bridgehead atoms. The quantitative estimate of drug-likeness (QED) is 0.810. The molecule has 2 N–H and O–H groups in total. The summed E-state index contributed by atoms with van der Waals surface area (Å²) in [6.07, 6.45) is 2.11. The van der Waals surface area contributed by atoms with Gasteiger partial charge in [0.15, 0.2) is 0 Å². The Kier molecular flexibility index (Phi) is 3.97. The number of hydrogen-bond acceptors (Lipinski definition) is 1. The van der Waals surface area contributed by atoms with Crippen LogP contribution in [0.15, 0.2) is 6.07 Å². The van der Waals surface area contributed by atoms with E-state index in [0.717, 1.165) is 12.8 Å². The third kappa shape index (κ3) is 3.10. The van der Waals surface area contributed by atoms with Gasteiger partial charge in [0.2, 0.25) is 0 Å². The van der Waals surface area contributed by atoms with Crippen molar-refractivity contribution in [2.45, 2.75) is 46.6 Å². The fraction of sp³-hybridized carbons (Fsp3) is 0.692. The van der Waals surface area contributed by atoms with Crippen molar-refractivity contribution in [1.82, 2.24) is 4.57 Å². The van der Waals surface area contributed by atoms with Crippen LogP contribution in [0, 0.1) is 19.8 Å². The maximum Gasteiger partial charge on any atom is 0.0175 e. The molecule has 86 valence electrons. The van der Waals surface area contributed by atoms with Crippen molar-refractivity contribution in [3.05, 3.63) is 23.0 Å². The van der Waals surface area contributed by atoms with E-state index in [2.05, 4.69) is 45.4 Å². The molecule has 1 rings (SSSR count). The molecule has 1 unspecified atom stereocenters. The summed E-state index contributed by atoms with van der Waals surface area (Å²) in [6, 6.07) is 2.56. The van der Waals surface area contributed by atoms with Gasteiger partial charge in [-0.25, -0.2) is 0 Å². The van der Waals surface area contributed by atoms with Crippen LogP contribution < -0.4 is 5.73 Å². The van der Waals surface area contributed by atoms with Gasteiger partial charge in [-0.05, 0) is 44.2 Å². The summed E-state index contributed by atoms with van der Waals surface area (Å²) >= 11 is 0. The first-order valence-corrected chi connectivity index (χ1v) is 5.79. The minimum atomic E-state index is 0.297. The Morgan fingerprint density at radius 1 is 1.33 bits per heavy atom. The number of nitrogens with zero attached hydrogens (tertiary/aromatic N) is 1. The van der Waals surface area contributed by atoms with Crippen molar-refractivity contribution in [2.75, 3.05) is 0 Å². The van der Waals surface area contributed by atoms with E-state index in [1.807, 2.05) is 0 Å². The predicted molar refractivity (Wildman–Crippen MR) is 66.0 cm³/mol. The normalized spacial score (nSPS) is 13.5. The Morgan fingerprint density at radius 2 is 1.93 bits per heavy atom. The molecule has 1 heterocycles. The van der Waals surface area contributed by atoms with Crippen LogP contribution in [0.4, 0.5) is 0 Å². The summed E-state index contributed by atoms with van der Waals surface area (Å²) in [7, 11) is 2.11. The van der Waals surface area contributed by atoms with E-state index in [1.54, 1.807) is 0 Å². The first kappa shape index (κ1) is 12.3. The van der Waals surface area contributed by atoms with Crippen molar-refractivity contribution in [3.63, 3.8) is 0 Å². The molecule has 0 aliphatic heterocycles. The van der Waals surface area contributed by atoms with E-state index in [0.29, 0.717) is 12.0 Å². The summed E-state index contributed by atoms with van der Waals surface area (Å²) in [5.41, 5.74) is 10.2. The highest BCUT2D eigenvalue weighted by Crippen LogP contribution is 2.16. The monoisotopic (exact) mass is 208 g/mol. The summed E-state index contributed by atoms with van der Waals surface area (Å²) in [6.45, 7) is 8.76. The van der Waals surface area contributed by atoms with Crippen LogP contribution in [0.2, 0.25) is 0 Å². The van der Waals surface area contributed by atoms with Crippen molar-refractivity contribution in [3.8, 4) is 0 Å². The van der Waals surface area contributed by atoms with Crippen LogP contribution in [0.3, 0.4) is 0 Å². The first-order chi connectivity index (χ1) is 6.91. The molecule has 0 amide bonds. The average Bonchev–Trinajstić information content (AvgIpc) is 2.32. The number of hydrogen-bond donors (Lipinski definition) is 1. The van der Waals surface area contributed by atoms with Crippen molar-refractivity contribution in [2.24, 2.45) is 18.7 Å². The maximum absolute atomic E-state index is 6.13. The number of nitrogens with two attached hydrogens (primary N) is 1. The van der Waals surface area contributed by atoms with Gasteiger partial charge in [0, 0.05) is 24.5 Å². The van der Waals surface area contributed by atoms with Gasteiger partial charge in [0.05, 0.1) is 0 Å². The van der Waals surface area contributed by atoms with E-state index in [1.165, 1.54) is 17.0 Å². The highest BCUT2D eigenvalue weighted by atomic mass is 14.9. The standard InChI is InChI=1S/C13H24N2/c1-9(2)6-13(14)8-12-7-10(3)15(5)11(12)4/h7,9,13H,6,8,14H2,1-5H3. The van der Waals surface area contributed by atoms with Crippen LogP contribution in [0.25, 0.3) is 0 Å². The smallest absolute Gasteiger partial charge is 0.0175 e. The molecule has 0 aromatic carbocycles. The van der Waals surface area contributed by atoms with E-state index in [-0.39, 0.29) is 0 Å². The molecular weight excluding hydrogens is 184 g/mol. The van der Waals surface area contributed by atoms with Crippen molar-refractivity contribution >= 4 is 0 Å². The Morgan fingerprint density at radius 3 is 2.33 bits per heavy atom. The maximum atomic E-state index is 6.13. The third-order valence-electron chi connectivity index (χ3n) is 3.14. The lowest BCUT2D eigenvalue weighted by Gasteiger charge is -2.13. The van der Waals surface area contributed by atoms with Crippen LogP contribution in [0.1, 0.15) is 37.2 Å². The highest BCUT2D eigenvalue weighted by Gasteiger charge is 2.11. The first-order valence-electron chi connectivity index (χ1n) is 5.79. The number of rotatable bonds is 4. The molecule has 1 atom stereocenters. The molecule has 0 saturated heterocycles. The van der Waals surface area contributed by atoms with E-state index in [9.17, 15) is 0 Å². The summed E-state index contributed by atoms with van der Waals surface area (Å²) < 4.78 is 2.23. The van der Waals surface area contributed by atoms with Gasteiger partial charge in [0.25, 0.3) is 0 Å².